The highest BCUT2D eigenvalue weighted by Crippen LogP contribution is 2.47. The SMILES string of the molecule is COc1cc(/C=C/c2nc3n(n2)CCC[C@]3(O)C2C=C(F)C(F)=C(F)C2C)ccc1-n1cnc(C)c1. The van der Waals surface area contributed by atoms with Crippen LogP contribution in [0.4, 0.5) is 13.2 Å². The molecule has 36 heavy (non-hydrogen) atoms. The molecule has 0 spiro atoms. The van der Waals surface area contributed by atoms with E-state index in [0.29, 0.717) is 24.5 Å². The van der Waals surface area contributed by atoms with Gasteiger partial charge in [-0.05, 0) is 49.6 Å². The summed E-state index contributed by atoms with van der Waals surface area (Å²) in [6.07, 6.45) is 8.85. The van der Waals surface area contributed by atoms with E-state index >= 15 is 0 Å². The third-order valence-corrected chi connectivity index (χ3v) is 6.86. The van der Waals surface area contributed by atoms with Gasteiger partial charge in [0.05, 0.1) is 24.8 Å². The Bertz CT molecular complexity index is 1410. The van der Waals surface area contributed by atoms with Crippen LogP contribution in [0.25, 0.3) is 17.8 Å². The Labute approximate surface area is 206 Å². The van der Waals surface area contributed by atoms with Gasteiger partial charge in [0.25, 0.3) is 0 Å². The molecule has 0 fully saturated rings. The van der Waals surface area contributed by atoms with Crippen molar-refractivity contribution in [3.8, 4) is 11.4 Å². The Morgan fingerprint density at radius 1 is 1.22 bits per heavy atom. The van der Waals surface area contributed by atoms with Crippen molar-refractivity contribution in [3.63, 3.8) is 0 Å². The summed E-state index contributed by atoms with van der Waals surface area (Å²) in [5.74, 6) is -4.85. The molecule has 1 aliphatic heterocycles. The number of aliphatic hydroxyl groups is 1. The fourth-order valence-electron chi connectivity index (χ4n) is 4.97. The molecule has 0 amide bonds. The van der Waals surface area contributed by atoms with Crippen molar-refractivity contribution in [2.45, 2.75) is 38.8 Å². The van der Waals surface area contributed by atoms with Crippen molar-refractivity contribution in [1.29, 1.82) is 0 Å². The molecule has 0 radical (unpaired) electrons. The molecular weight excluding hydrogens is 471 g/mol. The molecule has 2 aliphatic rings. The van der Waals surface area contributed by atoms with Crippen molar-refractivity contribution in [2.75, 3.05) is 7.11 Å². The predicted octanol–water partition coefficient (Wildman–Crippen LogP) is 5.20. The van der Waals surface area contributed by atoms with Crippen molar-refractivity contribution in [1.82, 2.24) is 24.3 Å². The van der Waals surface area contributed by atoms with Crippen molar-refractivity contribution >= 4 is 12.2 Å². The van der Waals surface area contributed by atoms with Crippen LogP contribution in [0.2, 0.25) is 0 Å². The zero-order valence-electron chi connectivity index (χ0n) is 20.1. The number of imidazole rings is 1. The smallest absolute Gasteiger partial charge is 0.190 e. The molecule has 1 aliphatic carbocycles. The Kier molecular flexibility index (Phi) is 6.07. The van der Waals surface area contributed by atoms with Gasteiger partial charge in [0.15, 0.2) is 23.3 Å². The highest BCUT2D eigenvalue weighted by molar-refractivity contribution is 5.69. The maximum absolute atomic E-state index is 14.3. The van der Waals surface area contributed by atoms with Gasteiger partial charge >= 0.3 is 0 Å². The van der Waals surface area contributed by atoms with Crippen LogP contribution >= 0.6 is 0 Å². The lowest BCUT2D eigenvalue weighted by molar-refractivity contribution is -0.0561. The summed E-state index contributed by atoms with van der Waals surface area (Å²) in [5.41, 5.74) is 0.889. The second kappa shape index (κ2) is 9.09. The van der Waals surface area contributed by atoms with Gasteiger partial charge in [-0.1, -0.05) is 19.1 Å². The second-order valence-electron chi connectivity index (χ2n) is 9.22. The van der Waals surface area contributed by atoms with Crippen LogP contribution in [0.3, 0.4) is 0 Å². The van der Waals surface area contributed by atoms with E-state index in [9.17, 15) is 18.3 Å². The van der Waals surface area contributed by atoms with Gasteiger partial charge in [0.1, 0.15) is 17.2 Å². The van der Waals surface area contributed by atoms with Crippen molar-refractivity contribution in [2.24, 2.45) is 11.8 Å². The number of hydrogen-bond donors (Lipinski definition) is 1. The van der Waals surface area contributed by atoms with Gasteiger partial charge < -0.3 is 14.4 Å². The average molecular weight is 498 g/mol. The molecule has 7 nitrogen and oxygen atoms in total. The van der Waals surface area contributed by atoms with E-state index in [2.05, 4.69) is 15.1 Å². The van der Waals surface area contributed by atoms with Crippen LogP contribution in [0.5, 0.6) is 5.75 Å². The first-order chi connectivity index (χ1) is 17.2. The molecule has 0 saturated heterocycles. The number of aromatic nitrogens is 5. The minimum atomic E-state index is -1.68. The molecule has 5 rings (SSSR count). The number of ether oxygens (including phenoxy) is 1. The van der Waals surface area contributed by atoms with Crippen molar-refractivity contribution in [3.05, 3.63) is 77.2 Å². The molecular formula is C26H26F3N5O2. The van der Waals surface area contributed by atoms with Crippen LogP contribution in [-0.2, 0) is 12.1 Å². The summed E-state index contributed by atoms with van der Waals surface area (Å²) in [4.78, 5) is 8.74. The monoisotopic (exact) mass is 497 g/mol. The molecule has 1 aromatic carbocycles. The Morgan fingerprint density at radius 3 is 2.75 bits per heavy atom. The number of nitrogens with zero attached hydrogens (tertiary/aromatic N) is 5. The lowest BCUT2D eigenvalue weighted by Gasteiger charge is -2.40. The summed E-state index contributed by atoms with van der Waals surface area (Å²) in [5, 5.41) is 16.0. The second-order valence-corrected chi connectivity index (χ2v) is 9.22. The fourth-order valence-corrected chi connectivity index (χ4v) is 4.97. The standard InChI is InChI=1S/C26H26F3N5O2/c1-15-13-33(14-30-15)20-7-5-17(11-21(20)36-3)6-8-22-31-25-26(35,9-4-10-34(25)32-22)18-12-19(27)24(29)23(28)16(18)2/h5-8,11-14,16,18,35H,4,9-10H2,1-3H3/b8-6+/t16?,18?,26-/m0/s1. The Hall–Kier alpha value is -3.66. The fraction of sp³-hybridized carbons (Fsp3) is 0.346. The number of allylic oxidation sites excluding steroid dienone is 3. The predicted molar refractivity (Wildman–Crippen MR) is 128 cm³/mol. The summed E-state index contributed by atoms with van der Waals surface area (Å²) < 4.78 is 51.1. The van der Waals surface area contributed by atoms with Gasteiger partial charge in [0.2, 0.25) is 0 Å². The summed E-state index contributed by atoms with van der Waals surface area (Å²) in [6, 6.07) is 5.70. The normalized spacial score (nSPS) is 24.2. The van der Waals surface area contributed by atoms with Crippen LogP contribution in [0, 0.1) is 18.8 Å². The highest BCUT2D eigenvalue weighted by atomic mass is 19.2. The van der Waals surface area contributed by atoms with Gasteiger partial charge in [-0.15, -0.1) is 0 Å². The molecule has 3 atom stereocenters. The van der Waals surface area contributed by atoms with E-state index < -0.39 is 34.9 Å². The van der Waals surface area contributed by atoms with Crippen molar-refractivity contribution < 1.29 is 23.0 Å². The Morgan fingerprint density at radius 2 is 2.03 bits per heavy atom. The first kappa shape index (κ1) is 24.1. The van der Waals surface area contributed by atoms with Crippen LogP contribution < -0.4 is 4.74 Å². The van der Waals surface area contributed by atoms with Gasteiger partial charge in [-0.25, -0.2) is 27.8 Å². The van der Waals surface area contributed by atoms with Gasteiger partial charge in [0, 0.05) is 24.6 Å². The number of aryl methyl sites for hydroxylation is 2. The Balaban J connectivity index is 1.43. The third kappa shape index (κ3) is 4.05. The van der Waals surface area contributed by atoms with E-state index in [1.165, 1.54) is 6.92 Å². The molecule has 1 N–H and O–H groups in total. The minimum absolute atomic E-state index is 0.216. The van der Waals surface area contributed by atoms with Crippen LogP contribution in [-0.4, -0.2) is 36.5 Å². The van der Waals surface area contributed by atoms with Crippen LogP contribution in [0.15, 0.2) is 54.3 Å². The molecule has 3 aromatic rings. The number of hydrogen-bond acceptors (Lipinski definition) is 5. The van der Waals surface area contributed by atoms with Gasteiger partial charge in [-0.2, -0.15) is 5.10 Å². The summed E-state index contributed by atoms with van der Waals surface area (Å²) >= 11 is 0. The topological polar surface area (TPSA) is 78.0 Å². The quantitative estimate of drug-likeness (QED) is 0.524. The summed E-state index contributed by atoms with van der Waals surface area (Å²) in [7, 11) is 1.59. The van der Waals surface area contributed by atoms with E-state index in [1.807, 2.05) is 42.0 Å². The number of halogens is 3. The molecule has 2 aromatic heterocycles. The zero-order chi connectivity index (χ0) is 25.6. The number of benzene rings is 1. The molecule has 0 bridgehead atoms. The maximum atomic E-state index is 14.3. The molecule has 3 heterocycles. The first-order valence-electron chi connectivity index (χ1n) is 11.7. The highest BCUT2D eigenvalue weighted by Gasteiger charge is 2.49. The molecule has 10 heteroatoms. The number of methoxy groups -OCH3 is 1. The van der Waals surface area contributed by atoms with E-state index in [4.69, 9.17) is 4.74 Å². The summed E-state index contributed by atoms with van der Waals surface area (Å²) in [6.45, 7) is 3.84. The number of fused-ring (bicyclic) bond motifs is 1. The number of rotatable bonds is 5. The molecule has 2 unspecified atom stereocenters. The largest absolute Gasteiger partial charge is 0.495 e. The minimum Gasteiger partial charge on any atom is -0.495 e. The lowest BCUT2D eigenvalue weighted by atomic mass is 9.72. The zero-order valence-corrected chi connectivity index (χ0v) is 20.1. The van der Waals surface area contributed by atoms with E-state index in [0.717, 1.165) is 23.0 Å². The lowest BCUT2D eigenvalue weighted by Crippen LogP contribution is -2.44. The molecule has 0 saturated carbocycles. The van der Waals surface area contributed by atoms with E-state index in [-0.39, 0.29) is 12.2 Å². The van der Waals surface area contributed by atoms with Gasteiger partial charge in [-0.3, -0.25) is 0 Å². The van der Waals surface area contributed by atoms with E-state index in [1.54, 1.807) is 24.2 Å². The maximum Gasteiger partial charge on any atom is 0.190 e. The third-order valence-electron chi connectivity index (χ3n) is 6.86. The average Bonchev–Trinajstić information content (AvgIpc) is 3.50. The van der Waals surface area contributed by atoms with Crippen LogP contribution in [0.1, 0.15) is 42.7 Å². The first-order valence-corrected chi connectivity index (χ1v) is 11.7. The molecule has 188 valence electrons.